The average Bonchev–Trinajstić information content (AvgIpc) is 2.38. The van der Waals surface area contributed by atoms with Crippen LogP contribution in [-0.2, 0) is 0 Å². The maximum atomic E-state index is 13.8. The first-order valence-corrected chi connectivity index (χ1v) is 5.44. The number of rotatable bonds is 1. The van der Waals surface area contributed by atoms with Gasteiger partial charge in [0.25, 0.3) is 0 Å². The largest absolute Gasteiger partial charge is 0.508 e. The Hall–Kier alpha value is -2.49. The molecule has 0 unspecified atom stereocenters. The zero-order chi connectivity index (χ0) is 12.5. The second-order valence-corrected chi connectivity index (χ2v) is 3.90. The highest BCUT2D eigenvalue weighted by atomic mass is 19.1. The van der Waals surface area contributed by atoms with E-state index in [1.54, 1.807) is 24.3 Å². The third-order valence-electron chi connectivity index (χ3n) is 2.75. The molecule has 0 spiro atoms. The Labute approximate surface area is 103 Å². The van der Waals surface area contributed by atoms with Gasteiger partial charge >= 0.3 is 0 Å². The van der Waals surface area contributed by atoms with Crippen molar-refractivity contribution in [3.8, 4) is 17.0 Å². The van der Waals surface area contributed by atoms with Crippen molar-refractivity contribution in [3.63, 3.8) is 0 Å². The number of nitrogens with zero attached hydrogens (tertiary/aromatic N) is 2. The molecule has 18 heavy (non-hydrogen) atoms. The molecule has 2 aromatic carbocycles. The van der Waals surface area contributed by atoms with E-state index >= 15 is 0 Å². The van der Waals surface area contributed by atoms with Crippen LogP contribution in [0.3, 0.4) is 0 Å². The predicted molar refractivity (Wildman–Crippen MR) is 66.6 cm³/mol. The first-order valence-electron chi connectivity index (χ1n) is 5.44. The molecule has 0 bridgehead atoms. The molecule has 0 radical (unpaired) electrons. The normalized spacial score (nSPS) is 10.7. The number of phenols is 1. The molecule has 0 amide bonds. The maximum Gasteiger partial charge on any atom is 0.132 e. The van der Waals surface area contributed by atoms with Crippen LogP contribution in [0.2, 0.25) is 0 Å². The molecule has 4 heteroatoms. The molecule has 0 fully saturated rings. The molecule has 0 atom stereocenters. The van der Waals surface area contributed by atoms with Gasteiger partial charge in [0, 0.05) is 17.0 Å². The van der Waals surface area contributed by atoms with Crippen molar-refractivity contribution in [3.05, 3.63) is 54.6 Å². The van der Waals surface area contributed by atoms with Crippen molar-refractivity contribution in [2.45, 2.75) is 0 Å². The van der Waals surface area contributed by atoms with E-state index in [1.807, 2.05) is 0 Å². The molecule has 1 N–H and O–H groups in total. The second-order valence-electron chi connectivity index (χ2n) is 3.90. The number of halogens is 1. The van der Waals surface area contributed by atoms with E-state index in [0.29, 0.717) is 22.2 Å². The SMILES string of the molecule is Oc1ccc2c(-c3ccccc3F)ncnc2c1. The van der Waals surface area contributed by atoms with Crippen molar-refractivity contribution in [2.75, 3.05) is 0 Å². The minimum Gasteiger partial charge on any atom is -0.508 e. The van der Waals surface area contributed by atoms with Crippen LogP contribution in [0.25, 0.3) is 22.2 Å². The Morgan fingerprint density at radius 1 is 1.00 bits per heavy atom. The van der Waals surface area contributed by atoms with Crippen molar-refractivity contribution < 1.29 is 9.50 Å². The predicted octanol–water partition coefficient (Wildman–Crippen LogP) is 3.14. The van der Waals surface area contributed by atoms with Crippen LogP contribution in [0.4, 0.5) is 4.39 Å². The van der Waals surface area contributed by atoms with E-state index in [0.717, 1.165) is 0 Å². The monoisotopic (exact) mass is 240 g/mol. The van der Waals surface area contributed by atoms with Crippen molar-refractivity contribution >= 4 is 10.9 Å². The fraction of sp³-hybridized carbons (Fsp3) is 0. The standard InChI is InChI=1S/C14H9FN2O/c15-12-4-2-1-3-10(12)14-11-6-5-9(18)7-13(11)16-8-17-14/h1-8,18H. The molecule has 3 rings (SSSR count). The lowest BCUT2D eigenvalue weighted by molar-refractivity contribution is 0.476. The van der Waals surface area contributed by atoms with Crippen LogP contribution >= 0.6 is 0 Å². The molecular weight excluding hydrogens is 231 g/mol. The fourth-order valence-electron chi connectivity index (χ4n) is 1.91. The van der Waals surface area contributed by atoms with Gasteiger partial charge in [-0.3, -0.25) is 0 Å². The van der Waals surface area contributed by atoms with Gasteiger partial charge < -0.3 is 5.11 Å². The summed E-state index contributed by atoms with van der Waals surface area (Å²) in [5.74, 6) is -0.203. The van der Waals surface area contributed by atoms with Crippen LogP contribution in [0, 0.1) is 5.82 Å². The maximum absolute atomic E-state index is 13.8. The highest BCUT2D eigenvalue weighted by Gasteiger charge is 2.10. The summed E-state index contributed by atoms with van der Waals surface area (Å²) >= 11 is 0. The number of benzene rings is 2. The summed E-state index contributed by atoms with van der Waals surface area (Å²) in [6.07, 6.45) is 1.36. The van der Waals surface area contributed by atoms with E-state index in [9.17, 15) is 9.50 Å². The Kier molecular flexibility index (Phi) is 2.41. The van der Waals surface area contributed by atoms with Gasteiger partial charge in [-0.25, -0.2) is 14.4 Å². The number of hydrogen-bond acceptors (Lipinski definition) is 3. The highest BCUT2D eigenvalue weighted by Crippen LogP contribution is 2.28. The summed E-state index contributed by atoms with van der Waals surface area (Å²) in [6.45, 7) is 0. The summed E-state index contributed by atoms with van der Waals surface area (Å²) in [7, 11) is 0. The Morgan fingerprint density at radius 2 is 1.83 bits per heavy atom. The molecule has 3 nitrogen and oxygen atoms in total. The van der Waals surface area contributed by atoms with Crippen LogP contribution in [0.1, 0.15) is 0 Å². The first-order chi connectivity index (χ1) is 8.75. The topological polar surface area (TPSA) is 46.0 Å². The van der Waals surface area contributed by atoms with Gasteiger partial charge in [-0.1, -0.05) is 12.1 Å². The molecule has 3 aromatic rings. The lowest BCUT2D eigenvalue weighted by atomic mass is 10.1. The highest BCUT2D eigenvalue weighted by molar-refractivity contribution is 5.92. The molecule has 0 saturated carbocycles. The lowest BCUT2D eigenvalue weighted by Crippen LogP contribution is -1.91. The number of aromatic nitrogens is 2. The van der Waals surface area contributed by atoms with Gasteiger partial charge in [0.05, 0.1) is 11.2 Å². The Bertz CT molecular complexity index is 728. The molecular formula is C14H9FN2O. The van der Waals surface area contributed by atoms with Crippen LogP contribution in [-0.4, -0.2) is 15.1 Å². The van der Waals surface area contributed by atoms with Crippen molar-refractivity contribution in [2.24, 2.45) is 0 Å². The van der Waals surface area contributed by atoms with Gasteiger partial charge in [-0.05, 0) is 24.3 Å². The zero-order valence-electron chi connectivity index (χ0n) is 9.34. The number of fused-ring (bicyclic) bond motifs is 1. The summed E-state index contributed by atoms with van der Waals surface area (Å²) in [6, 6.07) is 11.2. The van der Waals surface area contributed by atoms with Crippen molar-refractivity contribution in [1.82, 2.24) is 9.97 Å². The van der Waals surface area contributed by atoms with E-state index in [-0.39, 0.29) is 11.6 Å². The summed E-state index contributed by atoms with van der Waals surface area (Å²) < 4.78 is 13.8. The van der Waals surface area contributed by atoms with Gasteiger partial charge in [-0.2, -0.15) is 0 Å². The van der Waals surface area contributed by atoms with E-state index in [2.05, 4.69) is 9.97 Å². The van der Waals surface area contributed by atoms with E-state index in [4.69, 9.17) is 0 Å². The van der Waals surface area contributed by atoms with E-state index < -0.39 is 0 Å². The minimum atomic E-state index is -0.328. The van der Waals surface area contributed by atoms with Gasteiger partial charge in [-0.15, -0.1) is 0 Å². The summed E-state index contributed by atoms with van der Waals surface area (Å²) in [5.41, 5.74) is 1.54. The van der Waals surface area contributed by atoms with Crippen molar-refractivity contribution in [1.29, 1.82) is 0 Å². The number of hydrogen-bond donors (Lipinski definition) is 1. The molecule has 1 heterocycles. The smallest absolute Gasteiger partial charge is 0.132 e. The number of aromatic hydroxyl groups is 1. The molecule has 0 aliphatic carbocycles. The third-order valence-corrected chi connectivity index (χ3v) is 2.75. The van der Waals surface area contributed by atoms with Gasteiger partial charge in [0.2, 0.25) is 0 Å². The van der Waals surface area contributed by atoms with E-state index in [1.165, 1.54) is 24.5 Å². The lowest BCUT2D eigenvalue weighted by Gasteiger charge is -2.06. The molecule has 0 aliphatic heterocycles. The average molecular weight is 240 g/mol. The van der Waals surface area contributed by atoms with Gasteiger partial charge in [0.15, 0.2) is 0 Å². The first kappa shape index (κ1) is 10.7. The van der Waals surface area contributed by atoms with Crippen LogP contribution in [0.15, 0.2) is 48.8 Å². The minimum absolute atomic E-state index is 0.126. The summed E-state index contributed by atoms with van der Waals surface area (Å²) in [4.78, 5) is 8.20. The quantitative estimate of drug-likeness (QED) is 0.710. The molecule has 0 aliphatic rings. The number of phenolic OH excluding ortho intramolecular Hbond substituents is 1. The fourth-order valence-corrected chi connectivity index (χ4v) is 1.91. The zero-order valence-corrected chi connectivity index (χ0v) is 9.34. The Balaban J connectivity index is 2.33. The molecule has 88 valence electrons. The second kappa shape index (κ2) is 4.07. The molecule has 1 aromatic heterocycles. The van der Waals surface area contributed by atoms with Crippen LogP contribution < -0.4 is 0 Å². The Morgan fingerprint density at radius 3 is 2.67 bits per heavy atom. The third kappa shape index (κ3) is 1.68. The molecule has 0 saturated heterocycles. The summed E-state index contributed by atoms with van der Waals surface area (Å²) in [5, 5.41) is 10.1. The van der Waals surface area contributed by atoms with Gasteiger partial charge in [0.1, 0.15) is 17.9 Å². The van der Waals surface area contributed by atoms with Crippen LogP contribution in [0.5, 0.6) is 5.75 Å².